The Labute approximate surface area is 165 Å². The predicted octanol–water partition coefficient (Wildman–Crippen LogP) is -0.794. The highest BCUT2D eigenvalue weighted by atomic mass is 16.5. The van der Waals surface area contributed by atoms with Crippen LogP contribution in [0.5, 0.6) is 0 Å². The van der Waals surface area contributed by atoms with Gasteiger partial charge in [-0.25, -0.2) is 0 Å². The van der Waals surface area contributed by atoms with Gasteiger partial charge in [-0.05, 0) is 6.07 Å². The van der Waals surface area contributed by atoms with Crippen LogP contribution in [0.25, 0.3) is 0 Å². The predicted molar refractivity (Wildman–Crippen MR) is 103 cm³/mol. The lowest BCUT2D eigenvalue weighted by atomic mass is 10.2. The summed E-state index contributed by atoms with van der Waals surface area (Å²) >= 11 is 0. The van der Waals surface area contributed by atoms with Gasteiger partial charge in [0.25, 0.3) is 11.8 Å². The summed E-state index contributed by atoms with van der Waals surface area (Å²) in [5, 5.41) is 5.77. The molecule has 0 spiro atoms. The van der Waals surface area contributed by atoms with E-state index in [1.54, 1.807) is 6.07 Å². The Hall–Kier alpha value is -2.07. The third kappa shape index (κ3) is 6.52. The van der Waals surface area contributed by atoms with Crippen molar-refractivity contribution in [3.05, 3.63) is 29.6 Å². The molecule has 0 atom stereocenters. The molecular weight excluding hydrogens is 362 g/mol. The maximum atomic E-state index is 12.3. The van der Waals surface area contributed by atoms with Gasteiger partial charge in [0.05, 0.1) is 37.6 Å². The normalized spacial score (nSPS) is 18.6. The fourth-order valence-corrected chi connectivity index (χ4v) is 3.20. The van der Waals surface area contributed by atoms with Crippen molar-refractivity contribution in [2.24, 2.45) is 0 Å². The Bertz CT molecular complexity index is 594. The average molecular weight is 391 g/mol. The van der Waals surface area contributed by atoms with Gasteiger partial charge in [0, 0.05) is 64.8 Å². The van der Waals surface area contributed by atoms with Crippen LogP contribution in [0, 0.1) is 0 Å². The molecule has 3 heterocycles. The Morgan fingerprint density at radius 3 is 1.68 bits per heavy atom. The summed E-state index contributed by atoms with van der Waals surface area (Å²) in [6, 6.07) is 1.58. The molecule has 2 aliphatic rings. The number of morpholine rings is 2. The lowest BCUT2D eigenvalue weighted by Gasteiger charge is -2.26. The van der Waals surface area contributed by atoms with E-state index in [1.807, 2.05) is 0 Å². The first-order chi connectivity index (χ1) is 13.7. The Kier molecular flexibility index (Phi) is 8.16. The summed E-state index contributed by atoms with van der Waals surface area (Å²) in [6.07, 6.45) is 2.96. The molecule has 2 fully saturated rings. The first kappa shape index (κ1) is 20.7. The van der Waals surface area contributed by atoms with Crippen LogP contribution in [0.2, 0.25) is 0 Å². The summed E-state index contributed by atoms with van der Waals surface area (Å²) in [4.78, 5) is 33.2. The molecular formula is C19H29N5O4. The second kappa shape index (κ2) is 11.1. The van der Waals surface area contributed by atoms with Gasteiger partial charge in [-0.15, -0.1) is 0 Å². The molecule has 2 aliphatic heterocycles. The number of carbonyl (C=O) groups is 2. The first-order valence-corrected chi connectivity index (χ1v) is 9.84. The molecule has 9 heteroatoms. The highest BCUT2D eigenvalue weighted by Gasteiger charge is 2.14. The molecule has 1 aromatic rings. The molecule has 154 valence electrons. The van der Waals surface area contributed by atoms with Crippen molar-refractivity contribution in [2.75, 3.05) is 78.8 Å². The minimum absolute atomic E-state index is 0.219. The molecule has 0 bridgehead atoms. The zero-order chi connectivity index (χ0) is 19.6. The molecule has 0 unspecified atom stereocenters. The van der Waals surface area contributed by atoms with Crippen LogP contribution in [0.3, 0.4) is 0 Å². The van der Waals surface area contributed by atoms with Crippen LogP contribution in [0.4, 0.5) is 0 Å². The van der Waals surface area contributed by atoms with Gasteiger partial charge >= 0.3 is 0 Å². The molecule has 2 saturated heterocycles. The Balaban J connectivity index is 1.41. The number of carbonyl (C=O) groups excluding carboxylic acids is 2. The molecule has 0 saturated carbocycles. The van der Waals surface area contributed by atoms with Crippen LogP contribution in [-0.4, -0.2) is 105 Å². The van der Waals surface area contributed by atoms with Crippen molar-refractivity contribution in [1.82, 2.24) is 25.4 Å². The molecule has 0 aromatic carbocycles. The van der Waals surface area contributed by atoms with Gasteiger partial charge in [0.2, 0.25) is 0 Å². The minimum atomic E-state index is -0.219. The smallest absolute Gasteiger partial charge is 0.252 e. The van der Waals surface area contributed by atoms with E-state index < -0.39 is 0 Å². The molecule has 9 nitrogen and oxygen atoms in total. The third-order valence-corrected chi connectivity index (χ3v) is 4.90. The maximum absolute atomic E-state index is 12.3. The van der Waals surface area contributed by atoms with E-state index in [0.29, 0.717) is 24.2 Å². The van der Waals surface area contributed by atoms with Gasteiger partial charge in [0.1, 0.15) is 0 Å². The number of aromatic nitrogens is 1. The Morgan fingerprint density at radius 1 is 0.821 bits per heavy atom. The average Bonchev–Trinajstić information content (AvgIpc) is 2.75. The summed E-state index contributed by atoms with van der Waals surface area (Å²) in [5.41, 5.74) is 0.783. The molecule has 0 aliphatic carbocycles. The van der Waals surface area contributed by atoms with Crippen molar-refractivity contribution < 1.29 is 19.1 Å². The maximum Gasteiger partial charge on any atom is 0.252 e. The topological polar surface area (TPSA) is 96.0 Å². The molecule has 2 N–H and O–H groups in total. The van der Waals surface area contributed by atoms with Crippen molar-refractivity contribution >= 4 is 11.8 Å². The van der Waals surface area contributed by atoms with E-state index in [2.05, 4.69) is 25.4 Å². The van der Waals surface area contributed by atoms with Crippen LogP contribution in [0.15, 0.2) is 18.5 Å². The minimum Gasteiger partial charge on any atom is -0.379 e. The van der Waals surface area contributed by atoms with E-state index >= 15 is 0 Å². The van der Waals surface area contributed by atoms with Crippen LogP contribution >= 0.6 is 0 Å². The van der Waals surface area contributed by atoms with E-state index in [4.69, 9.17) is 9.47 Å². The zero-order valence-corrected chi connectivity index (χ0v) is 16.2. The SMILES string of the molecule is O=C(NCCN1CCOCC1)c1cncc(C(=O)NCCN2CCOCC2)c1. The quantitative estimate of drug-likeness (QED) is 0.599. The lowest BCUT2D eigenvalue weighted by molar-refractivity contribution is 0.0382. The van der Waals surface area contributed by atoms with Gasteiger partial charge in [-0.1, -0.05) is 0 Å². The van der Waals surface area contributed by atoms with Crippen LogP contribution in [0.1, 0.15) is 20.7 Å². The number of amides is 2. The molecule has 1 aromatic heterocycles. The molecule has 3 rings (SSSR count). The largest absolute Gasteiger partial charge is 0.379 e. The highest BCUT2D eigenvalue weighted by molar-refractivity contribution is 5.99. The van der Waals surface area contributed by atoms with Gasteiger partial charge < -0.3 is 20.1 Å². The summed E-state index contributed by atoms with van der Waals surface area (Å²) < 4.78 is 10.6. The van der Waals surface area contributed by atoms with E-state index in [0.717, 1.165) is 65.7 Å². The van der Waals surface area contributed by atoms with Crippen LogP contribution in [-0.2, 0) is 9.47 Å². The molecule has 0 radical (unpaired) electrons. The Morgan fingerprint density at radius 2 is 1.25 bits per heavy atom. The lowest BCUT2D eigenvalue weighted by Crippen LogP contribution is -2.41. The van der Waals surface area contributed by atoms with E-state index in [-0.39, 0.29) is 11.8 Å². The number of nitrogens with zero attached hydrogens (tertiary/aromatic N) is 3. The first-order valence-electron chi connectivity index (χ1n) is 9.84. The summed E-state index contributed by atoms with van der Waals surface area (Å²) in [6.45, 7) is 9.16. The second-order valence-corrected chi connectivity index (χ2v) is 6.88. The second-order valence-electron chi connectivity index (χ2n) is 6.88. The number of ether oxygens (including phenoxy) is 2. The van der Waals surface area contributed by atoms with Gasteiger partial charge in [-0.3, -0.25) is 24.4 Å². The van der Waals surface area contributed by atoms with Crippen molar-refractivity contribution in [2.45, 2.75) is 0 Å². The number of hydrogen-bond donors (Lipinski definition) is 2. The fourth-order valence-electron chi connectivity index (χ4n) is 3.20. The number of pyridine rings is 1. The summed E-state index contributed by atoms with van der Waals surface area (Å²) in [5.74, 6) is -0.438. The number of hydrogen-bond acceptors (Lipinski definition) is 7. The third-order valence-electron chi connectivity index (χ3n) is 4.90. The van der Waals surface area contributed by atoms with E-state index in [9.17, 15) is 9.59 Å². The molecule has 2 amide bonds. The molecule has 28 heavy (non-hydrogen) atoms. The van der Waals surface area contributed by atoms with Gasteiger partial charge in [0.15, 0.2) is 0 Å². The van der Waals surface area contributed by atoms with Gasteiger partial charge in [-0.2, -0.15) is 0 Å². The van der Waals surface area contributed by atoms with E-state index in [1.165, 1.54) is 12.4 Å². The highest BCUT2D eigenvalue weighted by Crippen LogP contribution is 2.04. The monoisotopic (exact) mass is 391 g/mol. The number of rotatable bonds is 8. The van der Waals surface area contributed by atoms with Crippen molar-refractivity contribution in [3.63, 3.8) is 0 Å². The summed E-state index contributed by atoms with van der Waals surface area (Å²) in [7, 11) is 0. The standard InChI is InChI=1S/C19H29N5O4/c25-18(21-1-3-23-5-9-27-10-6-23)16-13-17(15-20-14-16)19(26)22-2-4-24-7-11-28-12-8-24/h13-15H,1-12H2,(H,21,25)(H,22,26). The fraction of sp³-hybridized carbons (Fsp3) is 0.632. The zero-order valence-electron chi connectivity index (χ0n) is 16.2. The number of nitrogens with one attached hydrogen (secondary N) is 2. The van der Waals surface area contributed by atoms with Crippen LogP contribution < -0.4 is 10.6 Å². The van der Waals surface area contributed by atoms with Crippen molar-refractivity contribution in [1.29, 1.82) is 0 Å². The van der Waals surface area contributed by atoms with Crippen molar-refractivity contribution in [3.8, 4) is 0 Å².